The number of unbranched alkanes of at least 4 members (excludes halogenated alkanes) is 1. The van der Waals surface area contributed by atoms with Gasteiger partial charge in [-0.15, -0.1) is 0 Å². The molecule has 0 radical (unpaired) electrons. The first-order valence-corrected chi connectivity index (χ1v) is 13.3. The maximum absolute atomic E-state index is 11.4. The number of carbonyl (C=O) groups excluding carboxylic acids is 1. The molecule has 1 aliphatic rings. The van der Waals surface area contributed by atoms with Gasteiger partial charge in [-0.1, -0.05) is 0 Å². The largest absolute Gasteiger partial charge is 0.481 e. The molecule has 218 valence electrons. The predicted octanol–water partition coefficient (Wildman–Crippen LogP) is 1.04. The molecule has 12 nitrogen and oxygen atoms in total. The molecule has 0 atom stereocenters. The second kappa shape index (κ2) is 26.2. The summed E-state index contributed by atoms with van der Waals surface area (Å²) in [4.78, 5) is 21.8. The van der Waals surface area contributed by atoms with Crippen LogP contribution in [0.1, 0.15) is 38.5 Å². The van der Waals surface area contributed by atoms with Crippen LogP contribution < -0.4 is 5.32 Å². The minimum atomic E-state index is -0.857. The zero-order valence-corrected chi connectivity index (χ0v) is 22.2. The van der Waals surface area contributed by atoms with Gasteiger partial charge in [-0.25, -0.2) is 0 Å². The predicted molar refractivity (Wildman–Crippen MR) is 134 cm³/mol. The quantitative estimate of drug-likeness (QED) is 0.114. The van der Waals surface area contributed by atoms with E-state index in [1.54, 1.807) is 0 Å². The summed E-state index contributed by atoms with van der Waals surface area (Å²) in [7, 11) is 0. The Hall–Kier alpha value is -1.38. The van der Waals surface area contributed by atoms with Crippen molar-refractivity contribution in [1.29, 1.82) is 0 Å². The molecule has 0 unspecified atom stereocenters. The number of hydrogen-bond acceptors (Lipinski definition) is 11. The molecule has 0 aromatic heterocycles. The molecular weight excluding hydrogens is 490 g/mol. The molecule has 0 spiro atoms. The summed E-state index contributed by atoms with van der Waals surface area (Å²) in [6.07, 6.45) is 3.77. The van der Waals surface area contributed by atoms with Gasteiger partial charge in [0.25, 0.3) is 0 Å². The van der Waals surface area contributed by atoms with E-state index in [1.807, 2.05) is 0 Å². The van der Waals surface area contributed by atoms with E-state index >= 15 is 0 Å². The van der Waals surface area contributed by atoms with Gasteiger partial charge < -0.3 is 48.3 Å². The highest BCUT2D eigenvalue weighted by Gasteiger charge is 2.12. The molecule has 0 amide bonds. The van der Waals surface area contributed by atoms with Crippen molar-refractivity contribution < 1.29 is 52.6 Å². The molecule has 2 N–H and O–H groups in total. The van der Waals surface area contributed by atoms with Gasteiger partial charge in [-0.3, -0.25) is 9.59 Å². The Bertz CT molecular complexity index is 533. The molecule has 0 aliphatic carbocycles. The van der Waals surface area contributed by atoms with Crippen molar-refractivity contribution in [3.8, 4) is 0 Å². The molecule has 0 bridgehead atoms. The van der Waals surface area contributed by atoms with E-state index in [0.29, 0.717) is 105 Å². The number of piperidine rings is 1. The molecule has 0 aromatic carbocycles. The Morgan fingerprint density at radius 1 is 0.595 bits per heavy atom. The fourth-order valence-electron chi connectivity index (χ4n) is 3.27. The smallest absolute Gasteiger partial charge is 0.305 e. The van der Waals surface area contributed by atoms with E-state index in [4.69, 9.17) is 43.0 Å². The van der Waals surface area contributed by atoms with E-state index in [0.717, 1.165) is 25.9 Å². The highest BCUT2D eigenvalue weighted by Crippen LogP contribution is 2.06. The molecule has 37 heavy (non-hydrogen) atoms. The van der Waals surface area contributed by atoms with Crippen LogP contribution in [0.2, 0.25) is 0 Å². The van der Waals surface area contributed by atoms with Crippen LogP contribution >= 0.6 is 0 Å². The van der Waals surface area contributed by atoms with Crippen LogP contribution in [0.15, 0.2) is 0 Å². The average molecular weight is 538 g/mol. The number of rotatable bonds is 27. The van der Waals surface area contributed by atoms with Crippen molar-refractivity contribution >= 4 is 11.9 Å². The highest BCUT2D eigenvalue weighted by atomic mass is 16.6. The first kappa shape index (κ1) is 33.6. The third-order valence-corrected chi connectivity index (χ3v) is 5.24. The SMILES string of the molecule is O=C(O)CCCCC(=O)OCCOCCOCCOCCOCCOCCOCCOC1CCNCC1. The van der Waals surface area contributed by atoms with Crippen molar-refractivity contribution in [2.45, 2.75) is 44.6 Å². The third-order valence-electron chi connectivity index (χ3n) is 5.24. The van der Waals surface area contributed by atoms with Crippen LogP contribution in [0.5, 0.6) is 0 Å². The second-order valence-corrected chi connectivity index (χ2v) is 8.32. The van der Waals surface area contributed by atoms with Gasteiger partial charge in [0.1, 0.15) is 6.61 Å². The van der Waals surface area contributed by atoms with E-state index in [1.165, 1.54) is 0 Å². The minimum Gasteiger partial charge on any atom is -0.481 e. The van der Waals surface area contributed by atoms with Crippen LogP contribution in [-0.4, -0.2) is 129 Å². The zero-order valence-electron chi connectivity index (χ0n) is 22.2. The molecule has 1 heterocycles. The maximum atomic E-state index is 11.4. The number of hydrogen-bond donors (Lipinski definition) is 2. The molecule has 1 fully saturated rings. The summed E-state index contributed by atoms with van der Waals surface area (Å²) in [5.41, 5.74) is 0. The summed E-state index contributed by atoms with van der Waals surface area (Å²) in [6, 6.07) is 0. The summed E-state index contributed by atoms with van der Waals surface area (Å²) in [6.45, 7) is 8.61. The maximum Gasteiger partial charge on any atom is 0.305 e. The Morgan fingerprint density at radius 2 is 1.00 bits per heavy atom. The summed E-state index contributed by atoms with van der Waals surface area (Å²) < 4.78 is 43.3. The topological polar surface area (TPSA) is 140 Å². The average Bonchev–Trinajstić information content (AvgIpc) is 2.90. The number of aliphatic carboxylic acids is 1. The lowest BCUT2D eigenvalue weighted by atomic mass is 10.1. The van der Waals surface area contributed by atoms with Gasteiger partial charge in [0.2, 0.25) is 0 Å². The van der Waals surface area contributed by atoms with E-state index in [2.05, 4.69) is 5.32 Å². The van der Waals surface area contributed by atoms with Gasteiger partial charge in [0, 0.05) is 12.8 Å². The molecule has 1 aliphatic heterocycles. The van der Waals surface area contributed by atoms with Gasteiger partial charge in [0.15, 0.2) is 0 Å². The molecule has 1 rings (SSSR count). The molecule has 0 aromatic rings. The van der Waals surface area contributed by atoms with Crippen LogP contribution in [0.25, 0.3) is 0 Å². The summed E-state index contributed by atoms with van der Waals surface area (Å²) >= 11 is 0. The lowest BCUT2D eigenvalue weighted by molar-refractivity contribution is -0.146. The summed E-state index contributed by atoms with van der Waals surface area (Å²) in [5.74, 6) is -1.20. The van der Waals surface area contributed by atoms with Crippen LogP contribution in [0.4, 0.5) is 0 Å². The number of carboxylic acid groups (broad SMARTS) is 1. The van der Waals surface area contributed by atoms with Crippen LogP contribution in [-0.2, 0) is 47.5 Å². The standard InChI is InChI=1S/C25H47NO11/c27-24(28)3-1-2-4-25(29)37-22-20-35-18-16-33-14-12-31-10-9-30-11-13-32-15-17-34-19-21-36-23-5-7-26-8-6-23/h23,26H,1-22H2,(H,27,28). The fourth-order valence-corrected chi connectivity index (χ4v) is 3.27. The first-order chi connectivity index (χ1) is 18.2. The van der Waals surface area contributed by atoms with Crippen molar-refractivity contribution in [3.05, 3.63) is 0 Å². The molecule has 0 saturated carbocycles. The normalized spacial score (nSPS) is 14.2. The summed E-state index contributed by atoms with van der Waals surface area (Å²) in [5, 5.41) is 11.8. The van der Waals surface area contributed by atoms with Crippen molar-refractivity contribution in [2.24, 2.45) is 0 Å². The lowest BCUT2D eigenvalue weighted by Gasteiger charge is -2.22. The zero-order chi connectivity index (χ0) is 26.7. The Labute approximate surface area is 220 Å². The number of ether oxygens (including phenoxy) is 8. The Kier molecular flexibility index (Phi) is 23.9. The van der Waals surface area contributed by atoms with Crippen molar-refractivity contribution in [3.63, 3.8) is 0 Å². The van der Waals surface area contributed by atoms with Gasteiger partial charge in [-0.05, 0) is 38.8 Å². The van der Waals surface area contributed by atoms with Gasteiger partial charge >= 0.3 is 11.9 Å². The number of nitrogens with one attached hydrogen (secondary N) is 1. The third kappa shape index (κ3) is 24.7. The lowest BCUT2D eigenvalue weighted by Crippen LogP contribution is -2.33. The van der Waals surface area contributed by atoms with E-state index in [9.17, 15) is 9.59 Å². The van der Waals surface area contributed by atoms with Gasteiger partial charge in [-0.2, -0.15) is 0 Å². The molecular formula is C25H47NO11. The monoisotopic (exact) mass is 537 g/mol. The van der Waals surface area contributed by atoms with E-state index < -0.39 is 5.97 Å². The van der Waals surface area contributed by atoms with Crippen molar-refractivity contribution in [2.75, 3.05) is 106 Å². The van der Waals surface area contributed by atoms with Crippen LogP contribution in [0.3, 0.4) is 0 Å². The highest BCUT2D eigenvalue weighted by molar-refractivity contribution is 5.69. The number of carbonyl (C=O) groups is 2. The van der Waals surface area contributed by atoms with Gasteiger partial charge in [0.05, 0.1) is 92.0 Å². The second-order valence-electron chi connectivity index (χ2n) is 8.32. The minimum absolute atomic E-state index is 0.0670. The van der Waals surface area contributed by atoms with E-state index in [-0.39, 0.29) is 25.4 Å². The molecule has 12 heteroatoms. The van der Waals surface area contributed by atoms with Crippen molar-refractivity contribution in [1.82, 2.24) is 5.32 Å². The number of esters is 1. The fraction of sp³-hybridized carbons (Fsp3) is 0.920. The number of carboxylic acids is 1. The van der Waals surface area contributed by atoms with Crippen LogP contribution in [0, 0.1) is 0 Å². The Balaban J connectivity index is 1.66. The first-order valence-electron chi connectivity index (χ1n) is 13.3. The Morgan fingerprint density at radius 3 is 1.46 bits per heavy atom. The molecule has 1 saturated heterocycles.